The van der Waals surface area contributed by atoms with Crippen molar-refractivity contribution in [2.75, 3.05) is 35.7 Å². The van der Waals surface area contributed by atoms with Gasteiger partial charge in [0.25, 0.3) is 0 Å². The van der Waals surface area contributed by atoms with Crippen molar-refractivity contribution in [2.45, 2.75) is 42.3 Å². The number of anilines is 5. The highest BCUT2D eigenvalue weighted by molar-refractivity contribution is 7.94. The Labute approximate surface area is 214 Å². The molecule has 0 bridgehead atoms. The summed E-state index contributed by atoms with van der Waals surface area (Å²) in [6, 6.07) is 7.48. The number of methoxy groups -OCH3 is 1. The largest absolute Gasteiger partial charge is 0.494 e. The van der Waals surface area contributed by atoms with Gasteiger partial charge in [0.2, 0.25) is 5.95 Å². The Bertz CT molecular complexity index is 1290. The minimum atomic E-state index is -3.46. The first-order valence-corrected chi connectivity index (χ1v) is 14.0. The lowest BCUT2D eigenvalue weighted by atomic mass is 10.1. The summed E-state index contributed by atoms with van der Waals surface area (Å²) in [6.45, 7) is 4.85. The molecule has 4 rings (SSSR count). The fraction of sp³-hybridized carbons (Fsp3) is 0.391. The van der Waals surface area contributed by atoms with Gasteiger partial charge in [-0.3, -0.25) is 0 Å². The van der Waals surface area contributed by atoms with E-state index in [9.17, 15) is 13.5 Å². The van der Waals surface area contributed by atoms with Crippen molar-refractivity contribution in [2.24, 2.45) is 0 Å². The normalized spacial score (nSPS) is 14.9. The van der Waals surface area contributed by atoms with E-state index >= 15 is 0 Å². The van der Waals surface area contributed by atoms with E-state index in [1.165, 1.54) is 6.20 Å². The molecule has 1 aliphatic heterocycles. The van der Waals surface area contributed by atoms with Gasteiger partial charge in [0.1, 0.15) is 15.0 Å². The smallest absolute Gasteiger partial charge is 0.229 e. The van der Waals surface area contributed by atoms with Crippen LogP contribution in [0.1, 0.15) is 26.7 Å². The first kappa shape index (κ1) is 25.5. The number of nitrogens with one attached hydrogen (secondary N) is 2. The van der Waals surface area contributed by atoms with Crippen LogP contribution in [0, 0.1) is 0 Å². The predicted molar refractivity (Wildman–Crippen MR) is 141 cm³/mol. The van der Waals surface area contributed by atoms with E-state index < -0.39 is 15.1 Å². The molecule has 0 saturated carbocycles. The summed E-state index contributed by atoms with van der Waals surface area (Å²) in [5.41, 5.74) is 2.10. The van der Waals surface area contributed by atoms with Crippen LogP contribution in [0.25, 0.3) is 0 Å². The predicted octanol–water partition coefficient (Wildman–Crippen LogP) is 4.83. The zero-order valence-electron chi connectivity index (χ0n) is 19.7. The van der Waals surface area contributed by atoms with Crippen LogP contribution in [0.4, 0.5) is 28.8 Å². The Morgan fingerprint density at radius 3 is 2.63 bits per heavy atom. The molecule has 0 unspecified atom stereocenters. The van der Waals surface area contributed by atoms with Crippen LogP contribution >= 0.6 is 22.9 Å². The van der Waals surface area contributed by atoms with Crippen LogP contribution in [0.2, 0.25) is 5.02 Å². The summed E-state index contributed by atoms with van der Waals surface area (Å²) in [6.07, 6.45) is 2.68. The lowest BCUT2D eigenvalue weighted by molar-refractivity contribution is 0.145. The number of hydrogen-bond acceptors (Lipinski definition) is 10. The van der Waals surface area contributed by atoms with E-state index in [0.717, 1.165) is 43.0 Å². The number of ether oxygens (including phenoxy) is 1. The second kappa shape index (κ2) is 10.6. The molecule has 1 fully saturated rings. The third kappa shape index (κ3) is 5.64. The number of halogens is 1. The number of aliphatic hydroxyl groups is 1. The summed E-state index contributed by atoms with van der Waals surface area (Å²) in [5.74, 6) is 1.17. The van der Waals surface area contributed by atoms with E-state index in [4.69, 9.17) is 16.3 Å². The maximum absolute atomic E-state index is 12.7. The van der Waals surface area contributed by atoms with Crippen LogP contribution in [0.5, 0.6) is 5.75 Å². The number of piperidine rings is 1. The molecule has 1 saturated heterocycles. The van der Waals surface area contributed by atoms with E-state index in [1.54, 1.807) is 32.4 Å². The summed E-state index contributed by atoms with van der Waals surface area (Å²) in [4.78, 5) is 10.9. The number of sulfone groups is 1. The molecule has 3 aromatic rings. The van der Waals surface area contributed by atoms with Crippen LogP contribution in [0.3, 0.4) is 0 Å². The van der Waals surface area contributed by atoms with E-state index in [-0.39, 0.29) is 27.1 Å². The highest BCUT2D eigenvalue weighted by Gasteiger charge is 2.25. The molecule has 3 heterocycles. The third-order valence-corrected chi connectivity index (χ3v) is 9.71. The number of hydrogen-bond donors (Lipinski definition) is 3. The summed E-state index contributed by atoms with van der Waals surface area (Å²) < 4.78 is 31.2. The summed E-state index contributed by atoms with van der Waals surface area (Å²) in [5, 5.41) is 17.4. The Morgan fingerprint density at radius 2 is 1.94 bits per heavy atom. The van der Waals surface area contributed by atoms with Gasteiger partial charge in [-0.25, -0.2) is 13.4 Å². The monoisotopic (exact) mass is 537 g/mol. The van der Waals surface area contributed by atoms with Crippen LogP contribution < -0.4 is 20.3 Å². The van der Waals surface area contributed by atoms with E-state index in [0.29, 0.717) is 17.1 Å². The van der Waals surface area contributed by atoms with Crippen molar-refractivity contribution >= 4 is 61.6 Å². The summed E-state index contributed by atoms with van der Waals surface area (Å²) >= 11 is 7.46. The molecule has 9 nitrogen and oxygen atoms in total. The van der Waals surface area contributed by atoms with Crippen molar-refractivity contribution in [3.63, 3.8) is 0 Å². The van der Waals surface area contributed by atoms with Gasteiger partial charge in [-0.2, -0.15) is 4.98 Å². The molecule has 188 valence electrons. The fourth-order valence-corrected chi connectivity index (χ4v) is 6.54. The molecule has 0 amide bonds. The molecular formula is C23H28ClN5O4S2. The Morgan fingerprint density at radius 1 is 1.20 bits per heavy atom. The quantitative estimate of drug-likeness (QED) is 0.371. The number of aliphatic hydroxyl groups excluding tert-OH is 1. The fourth-order valence-electron chi connectivity index (χ4n) is 3.69. The van der Waals surface area contributed by atoms with Gasteiger partial charge in [0, 0.05) is 24.8 Å². The molecule has 0 atom stereocenters. The zero-order chi connectivity index (χ0) is 25.2. The highest BCUT2D eigenvalue weighted by atomic mass is 35.5. The minimum Gasteiger partial charge on any atom is -0.494 e. The number of nitrogens with zero attached hydrogens (tertiary/aromatic N) is 3. The Balaban J connectivity index is 1.56. The molecule has 1 aromatic carbocycles. The average Bonchev–Trinajstić information content (AvgIpc) is 3.31. The number of rotatable bonds is 8. The maximum Gasteiger partial charge on any atom is 0.229 e. The number of thiophene rings is 1. The van der Waals surface area contributed by atoms with Crippen LogP contribution in [-0.2, 0) is 9.84 Å². The van der Waals surface area contributed by atoms with Crippen LogP contribution in [0.15, 0.2) is 40.1 Å². The van der Waals surface area contributed by atoms with E-state index in [2.05, 4.69) is 25.5 Å². The third-order valence-electron chi connectivity index (χ3n) is 5.77. The topological polar surface area (TPSA) is 117 Å². The molecule has 3 N–H and O–H groups in total. The van der Waals surface area contributed by atoms with Crippen LogP contribution in [-0.4, -0.2) is 55.0 Å². The second-order valence-corrected chi connectivity index (χ2v) is 12.5. The number of aromatic nitrogens is 2. The first-order valence-electron chi connectivity index (χ1n) is 11.2. The summed E-state index contributed by atoms with van der Waals surface area (Å²) in [7, 11) is -1.87. The second-order valence-electron chi connectivity index (χ2n) is 8.46. The van der Waals surface area contributed by atoms with Crippen molar-refractivity contribution in [3.05, 3.63) is 40.9 Å². The number of benzene rings is 1. The molecule has 0 spiro atoms. The first-order chi connectivity index (χ1) is 16.7. The van der Waals surface area contributed by atoms with Gasteiger partial charge in [0.05, 0.1) is 36.0 Å². The van der Waals surface area contributed by atoms with Gasteiger partial charge < -0.3 is 25.4 Å². The van der Waals surface area contributed by atoms with Crippen molar-refractivity contribution in [1.29, 1.82) is 0 Å². The van der Waals surface area contributed by atoms with Crippen molar-refractivity contribution in [1.82, 2.24) is 9.97 Å². The molecule has 1 aliphatic rings. The molecular weight excluding hydrogens is 510 g/mol. The SMILES string of the molecule is COc1cc(N2CCC(O)CC2)ccc1Nc1ncc(Cl)c(Nc2ccsc2S(=O)(=O)C(C)C)n1. The van der Waals surface area contributed by atoms with Gasteiger partial charge in [-0.1, -0.05) is 11.6 Å². The Kier molecular flexibility index (Phi) is 7.70. The van der Waals surface area contributed by atoms with Crippen molar-refractivity contribution in [3.8, 4) is 5.75 Å². The van der Waals surface area contributed by atoms with Gasteiger partial charge in [0.15, 0.2) is 15.7 Å². The lowest BCUT2D eigenvalue weighted by Gasteiger charge is -2.31. The van der Waals surface area contributed by atoms with Gasteiger partial charge >= 0.3 is 0 Å². The highest BCUT2D eigenvalue weighted by Crippen LogP contribution is 2.36. The molecule has 0 aliphatic carbocycles. The molecule has 12 heteroatoms. The maximum atomic E-state index is 12.7. The van der Waals surface area contributed by atoms with Gasteiger partial charge in [-0.05, 0) is 50.3 Å². The lowest BCUT2D eigenvalue weighted by Crippen LogP contribution is -2.35. The molecule has 35 heavy (non-hydrogen) atoms. The van der Waals surface area contributed by atoms with Gasteiger partial charge in [-0.15, -0.1) is 11.3 Å². The standard InChI is InChI=1S/C23H28ClN5O4S2/c1-14(2)35(31,32)22-19(8-11-34-22)26-21-17(24)13-25-23(28-21)27-18-5-4-15(12-20(18)33-3)29-9-6-16(30)7-10-29/h4-5,8,11-14,16,30H,6-7,9-10H2,1-3H3,(H2,25,26,27,28). The molecule has 0 radical (unpaired) electrons. The average molecular weight is 538 g/mol. The minimum absolute atomic E-state index is 0.235. The van der Waals surface area contributed by atoms with Crippen molar-refractivity contribution < 1.29 is 18.3 Å². The van der Waals surface area contributed by atoms with E-state index in [1.807, 2.05) is 18.2 Å². The Hall–Kier alpha value is -2.60. The zero-order valence-corrected chi connectivity index (χ0v) is 22.0. The molecule has 2 aromatic heterocycles.